The first-order valence-corrected chi connectivity index (χ1v) is 11.6. The van der Waals surface area contributed by atoms with Gasteiger partial charge in [-0.15, -0.1) is 0 Å². The zero-order valence-corrected chi connectivity index (χ0v) is 20.9. The maximum atomic E-state index is 6.18. The number of halogens is 1. The molecule has 0 saturated heterocycles. The number of para-hydroxylation sites is 2. The number of hydrogen-bond donors (Lipinski definition) is 3. The van der Waals surface area contributed by atoms with Crippen LogP contribution in [-0.2, 0) is 0 Å². The van der Waals surface area contributed by atoms with Crippen molar-refractivity contribution < 1.29 is 14.2 Å². The molecule has 9 heteroatoms. The Bertz CT molecular complexity index is 1390. The molecule has 0 bridgehead atoms. The fraction of sp³-hybridized carbons (Fsp3) is 0.154. The molecule has 2 heterocycles. The molecular weight excluding hydrogens is 484 g/mol. The van der Waals surface area contributed by atoms with Crippen molar-refractivity contribution in [2.24, 2.45) is 0 Å². The smallest absolute Gasteiger partial charge is 0.203 e. The van der Waals surface area contributed by atoms with Crippen LogP contribution in [-0.4, -0.2) is 36.4 Å². The Balaban J connectivity index is 1.80. The lowest BCUT2D eigenvalue weighted by Crippen LogP contribution is -2.43. The lowest BCUT2D eigenvalue weighted by Gasteiger charge is -2.32. The van der Waals surface area contributed by atoms with Gasteiger partial charge in [0.1, 0.15) is 5.82 Å². The van der Waals surface area contributed by atoms with Crippen LogP contribution in [0, 0.1) is 0 Å². The van der Waals surface area contributed by atoms with Gasteiger partial charge in [-0.1, -0.05) is 35.9 Å². The molecule has 3 aromatic carbocycles. The largest absolute Gasteiger partial charge is 0.493 e. The number of hydrogen-bond acceptors (Lipinski definition) is 5. The van der Waals surface area contributed by atoms with E-state index in [9.17, 15) is 0 Å². The maximum Gasteiger partial charge on any atom is 0.203 e. The summed E-state index contributed by atoms with van der Waals surface area (Å²) in [5.74, 6) is 2.29. The summed E-state index contributed by atoms with van der Waals surface area (Å²) < 4.78 is 16.7. The van der Waals surface area contributed by atoms with Crippen LogP contribution < -0.4 is 24.8 Å². The first-order valence-electron chi connectivity index (χ1n) is 10.8. The molecule has 1 unspecified atom stereocenters. The van der Waals surface area contributed by atoms with Crippen LogP contribution in [0.5, 0.6) is 17.2 Å². The molecule has 0 amide bonds. The van der Waals surface area contributed by atoms with Gasteiger partial charge >= 0.3 is 0 Å². The summed E-state index contributed by atoms with van der Waals surface area (Å²) in [7, 11) is 4.76. The standard InChI is InChI=1S/C26H23ClN4O3S/c1-32-19-12-15(13-20(33-2)24(19)34-3)23-21(25-28-17-6-4-5-7-18(17)29-25)22(30-26(35)31-23)14-8-10-16(27)11-9-14/h4-13,22H,1-3H3,(H,28,29)(H2,30,31,35). The Morgan fingerprint density at radius 2 is 1.60 bits per heavy atom. The number of aromatic amines is 1. The fourth-order valence-electron chi connectivity index (χ4n) is 4.26. The Labute approximate surface area is 213 Å². The quantitative estimate of drug-likeness (QED) is 0.305. The highest BCUT2D eigenvalue weighted by atomic mass is 35.5. The molecule has 1 atom stereocenters. The van der Waals surface area contributed by atoms with Gasteiger partial charge in [-0.05, 0) is 54.2 Å². The molecule has 7 nitrogen and oxygen atoms in total. The monoisotopic (exact) mass is 506 g/mol. The normalized spacial score (nSPS) is 15.5. The average molecular weight is 507 g/mol. The molecule has 35 heavy (non-hydrogen) atoms. The first-order chi connectivity index (χ1) is 17.0. The van der Waals surface area contributed by atoms with Gasteiger partial charge in [-0.25, -0.2) is 4.98 Å². The van der Waals surface area contributed by atoms with E-state index in [1.807, 2.05) is 60.7 Å². The van der Waals surface area contributed by atoms with Crippen LogP contribution in [0.3, 0.4) is 0 Å². The average Bonchev–Trinajstić information content (AvgIpc) is 3.31. The molecule has 0 saturated carbocycles. The number of ether oxygens (including phenoxy) is 3. The van der Waals surface area contributed by atoms with Crippen LogP contribution in [0.1, 0.15) is 23.0 Å². The summed E-state index contributed by atoms with van der Waals surface area (Å²) in [6.45, 7) is 0. The van der Waals surface area contributed by atoms with Gasteiger partial charge in [-0.3, -0.25) is 0 Å². The van der Waals surface area contributed by atoms with Crippen LogP contribution >= 0.6 is 23.8 Å². The van der Waals surface area contributed by atoms with Crippen LogP contribution in [0.2, 0.25) is 5.02 Å². The third-order valence-electron chi connectivity index (χ3n) is 5.87. The number of benzene rings is 3. The number of thiocarbonyl (C=S) groups is 1. The second-order valence-corrected chi connectivity index (χ2v) is 8.73. The van der Waals surface area contributed by atoms with Crippen LogP contribution in [0.15, 0.2) is 60.7 Å². The Morgan fingerprint density at radius 3 is 2.23 bits per heavy atom. The van der Waals surface area contributed by atoms with E-state index in [0.29, 0.717) is 33.2 Å². The Kier molecular flexibility index (Phi) is 6.23. The molecule has 1 aliphatic heterocycles. The molecule has 0 fully saturated rings. The van der Waals surface area contributed by atoms with E-state index in [4.69, 9.17) is 43.0 Å². The topological polar surface area (TPSA) is 80.4 Å². The highest BCUT2D eigenvalue weighted by Crippen LogP contribution is 2.43. The van der Waals surface area contributed by atoms with Crippen molar-refractivity contribution in [1.82, 2.24) is 20.6 Å². The second kappa shape index (κ2) is 9.48. The number of nitrogens with zero attached hydrogens (tertiary/aromatic N) is 1. The SMILES string of the molecule is COc1cc(C2=C(c3nc4ccccc4[nH]3)C(c3ccc(Cl)cc3)NC(=S)N2)cc(OC)c1OC. The predicted molar refractivity (Wildman–Crippen MR) is 142 cm³/mol. The zero-order valence-electron chi connectivity index (χ0n) is 19.3. The van der Waals surface area contributed by atoms with E-state index < -0.39 is 0 Å². The molecule has 0 radical (unpaired) electrons. The van der Waals surface area contributed by atoms with E-state index in [1.54, 1.807) is 21.3 Å². The van der Waals surface area contributed by atoms with E-state index in [1.165, 1.54) is 0 Å². The van der Waals surface area contributed by atoms with Crippen molar-refractivity contribution in [2.75, 3.05) is 21.3 Å². The number of nitrogens with one attached hydrogen (secondary N) is 3. The van der Waals surface area contributed by atoms with Gasteiger partial charge in [0.15, 0.2) is 16.6 Å². The van der Waals surface area contributed by atoms with Crippen molar-refractivity contribution >= 4 is 51.2 Å². The molecule has 4 aromatic rings. The summed E-state index contributed by atoms with van der Waals surface area (Å²) >= 11 is 11.8. The summed E-state index contributed by atoms with van der Waals surface area (Å²) in [5, 5.41) is 7.87. The highest BCUT2D eigenvalue weighted by molar-refractivity contribution is 7.80. The number of aromatic nitrogens is 2. The number of imidazole rings is 1. The minimum atomic E-state index is -0.296. The van der Waals surface area contributed by atoms with Crippen molar-refractivity contribution in [3.05, 3.63) is 82.6 Å². The minimum absolute atomic E-state index is 0.296. The molecule has 5 rings (SSSR count). The second-order valence-electron chi connectivity index (χ2n) is 7.89. The van der Waals surface area contributed by atoms with Crippen molar-refractivity contribution in [3.8, 4) is 17.2 Å². The molecule has 1 aliphatic rings. The lowest BCUT2D eigenvalue weighted by molar-refractivity contribution is 0.324. The van der Waals surface area contributed by atoms with Crippen molar-refractivity contribution in [1.29, 1.82) is 0 Å². The molecule has 0 aliphatic carbocycles. The third kappa shape index (κ3) is 4.26. The Hall–Kier alpha value is -3.75. The van der Waals surface area contributed by atoms with Gasteiger partial charge in [0.05, 0.1) is 44.1 Å². The van der Waals surface area contributed by atoms with Gasteiger partial charge < -0.3 is 29.8 Å². The molecule has 178 valence electrons. The van der Waals surface area contributed by atoms with Crippen molar-refractivity contribution in [3.63, 3.8) is 0 Å². The molecule has 1 aromatic heterocycles. The summed E-state index contributed by atoms with van der Waals surface area (Å²) in [5.41, 5.74) is 5.24. The molecule has 3 N–H and O–H groups in total. The minimum Gasteiger partial charge on any atom is -0.493 e. The Morgan fingerprint density at radius 1 is 0.914 bits per heavy atom. The molecular formula is C26H23ClN4O3S. The van der Waals surface area contributed by atoms with E-state index >= 15 is 0 Å². The lowest BCUT2D eigenvalue weighted by atomic mass is 9.92. The fourth-order valence-corrected chi connectivity index (χ4v) is 4.60. The summed E-state index contributed by atoms with van der Waals surface area (Å²) in [6.07, 6.45) is 0. The van der Waals surface area contributed by atoms with E-state index in [0.717, 1.165) is 33.4 Å². The van der Waals surface area contributed by atoms with Crippen LogP contribution in [0.25, 0.3) is 22.3 Å². The van der Waals surface area contributed by atoms with Gasteiger partial charge in [-0.2, -0.15) is 0 Å². The zero-order chi connectivity index (χ0) is 24.5. The third-order valence-corrected chi connectivity index (χ3v) is 6.35. The first kappa shape index (κ1) is 23.0. The van der Waals surface area contributed by atoms with Crippen LogP contribution in [0.4, 0.5) is 0 Å². The maximum absolute atomic E-state index is 6.18. The number of H-pyrrole nitrogens is 1. The van der Waals surface area contributed by atoms with Gasteiger partial charge in [0.25, 0.3) is 0 Å². The van der Waals surface area contributed by atoms with Crippen molar-refractivity contribution in [2.45, 2.75) is 6.04 Å². The van der Waals surface area contributed by atoms with Gasteiger partial charge in [0, 0.05) is 16.2 Å². The van der Waals surface area contributed by atoms with E-state index in [2.05, 4.69) is 15.6 Å². The number of rotatable bonds is 6. The number of fused-ring (bicyclic) bond motifs is 1. The molecule has 0 spiro atoms. The van der Waals surface area contributed by atoms with E-state index in [-0.39, 0.29) is 6.04 Å². The highest BCUT2D eigenvalue weighted by Gasteiger charge is 2.31. The summed E-state index contributed by atoms with van der Waals surface area (Å²) in [6, 6.07) is 19.1. The van der Waals surface area contributed by atoms with Gasteiger partial charge in [0.2, 0.25) is 5.75 Å². The number of methoxy groups -OCH3 is 3. The predicted octanol–water partition coefficient (Wildman–Crippen LogP) is 5.33. The summed E-state index contributed by atoms with van der Waals surface area (Å²) in [4.78, 5) is 8.36.